The number of sulfone groups is 1. The van der Waals surface area contributed by atoms with Crippen LogP contribution in [0.2, 0.25) is 0 Å². The molecule has 1 N–H and O–H groups in total. The van der Waals surface area contributed by atoms with Crippen molar-refractivity contribution in [2.24, 2.45) is 0 Å². The zero-order chi connectivity index (χ0) is 16.3. The highest BCUT2D eigenvalue weighted by Crippen LogP contribution is 2.18. The summed E-state index contributed by atoms with van der Waals surface area (Å²) >= 11 is 0. The van der Waals surface area contributed by atoms with Gasteiger partial charge in [0.25, 0.3) is 0 Å². The molecule has 22 heavy (non-hydrogen) atoms. The Morgan fingerprint density at radius 3 is 2.59 bits per heavy atom. The van der Waals surface area contributed by atoms with Crippen LogP contribution in [0.25, 0.3) is 0 Å². The van der Waals surface area contributed by atoms with Crippen LogP contribution in [0.1, 0.15) is 23.7 Å². The molecule has 0 saturated carbocycles. The van der Waals surface area contributed by atoms with Gasteiger partial charge in [-0.1, -0.05) is 19.1 Å². The van der Waals surface area contributed by atoms with E-state index in [-0.39, 0.29) is 5.82 Å². The Labute approximate surface area is 129 Å². The molecule has 0 aliphatic carbocycles. The highest BCUT2D eigenvalue weighted by atomic mass is 32.2. The zero-order valence-electron chi connectivity index (χ0n) is 12.7. The fourth-order valence-corrected chi connectivity index (χ4v) is 3.16. The van der Waals surface area contributed by atoms with Crippen molar-refractivity contribution in [3.63, 3.8) is 0 Å². The monoisotopic (exact) mass is 323 g/mol. The molecule has 2 aromatic rings. The third kappa shape index (κ3) is 3.59. The lowest BCUT2D eigenvalue weighted by atomic mass is 10.1. The van der Waals surface area contributed by atoms with Crippen LogP contribution in [0.15, 0.2) is 29.4 Å². The van der Waals surface area contributed by atoms with Crippen LogP contribution >= 0.6 is 0 Å². The van der Waals surface area contributed by atoms with E-state index in [1.807, 2.05) is 6.92 Å². The number of benzene rings is 1. The highest BCUT2D eigenvalue weighted by Gasteiger charge is 2.12. The number of anilines is 1. The third-order valence-corrected chi connectivity index (χ3v) is 4.55. The maximum atomic E-state index is 14.0. The summed E-state index contributed by atoms with van der Waals surface area (Å²) in [7, 11) is -3.23. The summed E-state index contributed by atoms with van der Waals surface area (Å²) in [4.78, 5) is 8.06. The number of nitrogens with zero attached hydrogens (tertiary/aromatic N) is 2. The van der Waals surface area contributed by atoms with Crippen LogP contribution < -0.4 is 5.32 Å². The smallest absolute Gasteiger partial charge is 0.186 e. The second kappa shape index (κ2) is 6.39. The predicted octanol–water partition coefficient (Wildman–Crippen LogP) is 2.50. The van der Waals surface area contributed by atoms with Crippen LogP contribution in [-0.4, -0.2) is 24.6 Å². The first-order valence-corrected chi connectivity index (χ1v) is 8.75. The molecule has 0 atom stereocenters. The first-order valence-electron chi connectivity index (χ1n) is 6.85. The summed E-state index contributed by atoms with van der Waals surface area (Å²) in [5, 5.41) is 2.91. The van der Waals surface area contributed by atoms with Crippen LogP contribution in [0.4, 0.5) is 10.2 Å². The van der Waals surface area contributed by atoms with Crippen LogP contribution in [-0.2, 0) is 22.8 Å². The fourth-order valence-electron chi connectivity index (χ4n) is 2.20. The first kappa shape index (κ1) is 16.4. The molecule has 1 aromatic carbocycles. The van der Waals surface area contributed by atoms with E-state index < -0.39 is 15.7 Å². The Kier molecular flexibility index (Phi) is 4.75. The standard InChI is InChI=1S/C15H18FN3O2S/c1-4-12-14(16)15(19-9-18-12)17-8-11-5-6-13(10(2)7-11)22(3,20)21/h5-7,9H,4,8H2,1-3H3,(H,17,18,19). The molecule has 0 radical (unpaired) electrons. The van der Waals surface area contributed by atoms with Gasteiger partial charge in [-0.3, -0.25) is 0 Å². The lowest BCUT2D eigenvalue weighted by molar-refractivity contribution is 0.596. The molecule has 0 amide bonds. The Hall–Kier alpha value is -2.02. The number of hydrogen-bond donors (Lipinski definition) is 1. The van der Waals surface area contributed by atoms with E-state index in [0.29, 0.717) is 29.1 Å². The van der Waals surface area contributed by atoms with Crippen molar-refractivity contribution >= 4 is 15.7 Å². The minimum Gasteiger partial charge on any atom is -0.363 e. The van der Waals surface area contributed by atoms with Crippen molar-refractivity contribution in [3.05, 3.63) is 47.2 Å². The molecule has 1 aromatic heterocycles. The molecule has 7 heteroatoms. The second-order valence-electron chi connectivity index (χ2n) is 5.06. The third-order valence-electron chi connectivity index (χ3n) is 3.30. The Bertz CT molecular complexity index is 791. The number of nitrogens with one attached hydrogen (secondary N) is 1. The molecular formula is C15H18FN3O2S. The van der Waals surface area contributed by atoms with Gasteiger partial charge in [0.2, 0.25) is 0 Å². The van der Waals surface area contributed by atoms with Crippen LogP contribution in [0, 0.1) is 12.7 Å². The van der Waals surface area contributed by atoms with Crippen molar-refractivity contribution in [1.29, 1.82) is 0 Å². The van der Waals surface area contributed by atoms with Gasteiger partial charge in [0.15, 0.2) is 21.5 Å². The van der Waals surface area contributed by atoms with E-state index >= 15 is 0 Å². The zero-order valence-corrected chi connectivity index (χ0v) is 13.5. The highest BCUT2D eigenvalue weighted by molar-refractivity contribution is 7.90. The molecular weight excluding hydrogens is 305 g/mol. The van der Waals surface area contributed by atoms with Gasteiger partial charge in [0, 0.05) is 12.8 Å². The van der Waals surface area contributed by atoms with Crippen molar-refractivity contribution in [2.45, 2.75) is 31.7 Å². The molecule has 5 nitrogen and oxygen atoms in total. The van der Waals surface area contributed by atoms with Crippen LogP contribution in [0.3, 0.4) is 0 Å². The SMILES string of the molecule is CCc1ncnc(NCc2ccc(S(C)(=O)=O)c(C)c2)c1F. The minimum atomic E-state index is -3.23. The van der Waals surface area contributed by atoms with Crippen molar-refractivity contribution in [1.82, 2.24) is 9.97 Å². The summed E-state index contributed by atoms with van der Waals surface area (Å²) in [6, 6.07) is 5.04. The summed E-state index contributed by atoms with van der Waals surface area (Å²) in [6.45, 7) is 3.91. The van der Waals surface area contributed by atoms with E-state index in [4.69, 9.17) is 0 Å². The average Bonchev–Trinajstić information content (AvgIpc) is 2.45. The molecule has 0 spiro atoms. The first-order chi connectivity index (χ1) is 10.3. The summed E-state index contributed by atoms with van der Waals surface area (Å²) < 4.78 is 37.2. The Balaban J connectivity index is 2.18. The summed E-state index contributed by atoms with van der Waals surface area (Å²) in [5.41, 5.74) is 1.88. The average molecular weight is 323 g/mol. The lowest BCUT2D eigenvalue weighted by Crippen LogP contribution is -2.08. The van der Waals surface area contributed by atoms with E-state index in [1.165, 1.54) is 12.6 Å². The van der Waals surface area contributed by atoms with Gasteiger partial charge in [-0.2, -0.15) is 0 Å². The number of aryl methyl sites for hydroxylation is 2. The quantitative estimate of drug-likeness (QED) is 0.915. The largest absolute Gasteiger partial charge is 0.363 e. The van der Waals surface area contributed by atoms with E-state index in [1.54, 1.807) is 25.1 Å². The molecule has 0 unspecified atom stereocenters. The molecule has 0 saturated heterocycles. The topological polar surface area (TPSA) is 72.0 Å². The van der Waals surface area contributed by atoms with Crippen LogP contribution in [0.5, 0.6) is 0 Å². The van der Waals surface area contributed by atoms with Gasteiger partial charge >= 0.3 is 0 Å². The molecule has 1 heterocycles. The number of hydrogen-bond acceptors (Lipinski definition) is 5. The van der Waals surface area contributed by atoms with E-state index in [2.05, 4.69) is 15.3 Å². The number of rotatable bonds is 5. The molecule has 2 rings (SSSR count). The van der Waals surface area contributed by atoms with Gasteiger partial charge < -0.3 is 5.32 Å². The van der Waals surface area contributed by atoms with Crippen molar-refractivity contribution in [2.75, 3.05) is 11.6 Å². The van der Waals surface area contributed by atoms with Gasteiger partial charge in [0.05, 0.1) is 10.6 Å². The van der Waals surface area contributed by atoms with Gasteiger partial charge in [-0.25, -0.2) is 22.8 Å². The Morgan fingerprint density at radius 1 is 1.27 bits per heavy atom. The fraction of sp³-hybridized carbons (Fsp3) is 0.333. The molecule has 118 valence electrons. The second-order valence-corrected chi connectivity index (χ2v) is 7.05. The summed E-state index contributed by atoms with van der Waals surface area (Å²) in [5.74, 6) is -0.300. The van der Waals surface area contributed by atoms with E-state index in [0.717, 1.165) is 5.56 Å². The Morgan fingerprint density at radius 2 is 2.00 bits per heavy atom. The lowest BCUT2D eigenvalue weighted by Gasteiger charge is -2.10. The maximum Gasteiger partial charge on any atom is 0.186 e. The molecule has 0 fully saturated rings. The summed E-state index contributed by atoms with van der Waals surface area (Å²) in [6.07, 6.45) is 2.99. The maximum absolute atomic E-state index is 14.0. The number of aromatic nitrogens is 2. The normalized spacial score (nSPS) is 11.5. The van der Waals surface area contributed by atoms with Gasteiger partial charge in [-0.05, 0) is 30.5 Å². The van der Waals surface area contributed by atoms with Crippen molar-refractivity contribution < 1.29 is 12.8 Å². The molecule has 0 bridgehead atoms. The van der Waals surface area contributed by atoms with Crippen molar-refractivity contribution in [3.8, 4) is 0 Å². The van der Waals surface area contributed by atoms with E-state index in [9.17, 15) is 12.8 Å². The van der Waals surface area contributed by atoms with Gasteiger partial charge in [0.1, 0.15) is 6.33 Å². The minimum absolute atomic E-state index is 0.150. The predicted molar refractivity (Wildman–Crippen MR) is 83.0 cm³/mol. The van der Waals surface area contributed by atoms with Gasteiger partial charge in [-0.15, -0.1) is 0 Å². The number of halogens is 1. The molecule has 0 aliphatic rings. The molecule has 0 aliphatic heterocycles.